The third kappa shape index (κ3) is 4.48. The lowest BCUT2D eigenvalue weighted by molar-refractivity contribution is 0.0908. The zero-order chi connectivity index (χ0) is 19.7. The molecule has 0 atom stereocenters. The molecule has 26 heavy (non-hydrogen) atoms. The van der Waals surface area contributed by atoms with Gasteiger partial charge in [-0.3, -0.25) is 9.10 Å². The predicted octanol–water partition coefficient (Wildman–Crippen LogP) is 1.94. The first-order valence-corrected chi connectivity index (χ1v) is 9.20. The summed E-state index contributed by atoms with van der Waals surface area (Å²) in [6.45, 7) is 2.46. The molecule has 0 unspecified atom stereocenters. The van der Waals surface area contributed by atoms with Crippen LogP contribution in [0, 0.1) is 5.82 Å². The van der Waals surface area contributed by atoms with Crippen molar-refractivity contribution in [1.82, 2.24) is 4.98 Å². The minimum absolute atomic E-state index is 0.0322. The molecular weight excluding hydrogens is 385 g/mol. The fourth-order valence-corrected chi connectivity index (χ4v) is 3.87. The van der Waals surface area contributed by atoms with Gasteiger partial charge in [0.15, 0.2) is 5.03 Å². The average molecular weight is 402 g/mol. The molecule has 0 saturated heterocycles. The number of halogens is 2. The normalized spacial score (nSPS) is 12.0. The van der Waals surface area contributed by atoms with E-state index in [4.69, 9.17) is 17.3 Å². The lowest BCUT2D eigenvalue weighted by Crippen LogP contribution is -2.42. The van der Waals surface area contributed by atoms with E-state index in [0.29, 0.717) is 0 Å². The molecule has 1 aromatic carbocycles. The maximum atomic E-state index is 13.4. The smallest absolute Gasteiger partial charge is 0.281 e. The Kier molecular flexibility index (Phi) is 5.55. The Morgan fingerprint density at radius 2 is 2.00 bits per heavy atom. The van der Waals surface area contributed by atoms with Gasteiger partial charge in [-0.2, -0.15) is 8.42 Å². The predicted molar refractivity (Wildman–Crippen MR) is 95.0 cm³/mol. The van der Waals surface area contributed by atoms with Crippen molar-refractivity contribution in [3.05, 3.63) is 52.9 Å². The minimum Gasteiger partial charge on any atom is -0.389 e. The second kappa shape index (κ2) is 7.18. The van der Waals surface area contributed by atoms with Crippen LogP contribution < -0.4 is 10.0 Å². The highest BCUT2D eigenvalue weighted by molar-refractivity contribution is 7.92. The monoisotopic (exact) mass is 401 g/mol. The highest BCUT2D eigenvalue weighted by Crippen LogP contribution is 2.28. The molecule has 0 saturated carbocycles. The van der Waals surface area contributed by atoms with Gasteiger partial charge in [-0.1, -0.05) is 11.6 Å². The van der Waals surface area contributed by atoms with E-state index in [0.717, 1.165) is 28.7 Å². The van der Waals surface area contributed by atoms with E-state index in [1.165, 1.54) is 26.0 Å². The largest absolute Gasteiger partial charge is 0.389 e. The number of nitrogens with two attached hydrogens (primary N) is 1. The molecule has 0 aliphatic carbocycles. The van der Waals surface area contributed by atoms with E-state index in [9.17, 15) is 22.7 Å². The summed E-state index contributed by atoms with van der Waals surface area (Å²) < 4.78 is 40.4. The minimum atomic E-state index is -4.30. The van der Waals surface area contributed by atoms with Gasteiger partial charge in [0, 0.05) is 11.8 Å². The highest BCUT2D eigenvalue weighted by atomic mass is 35.5. The van der Waals surface area contributed by atoms with Gasteiger partial charge in [-0.15, -0.1) is 0 Å². The number of aliphatic hydroxyl groups is 1. The zero-order valence-electron chi connectivity index (χ0n) is 14.0. The Morgan fingerprint density at radius 1 is 1.35 bits per heavy atom. The quantitative estimate of drug-likeness (QED) is 0.767. The van der Waals surface area contributed by atoms with Crippen molar-refractivity contribution in [2.75, 3.05) is 10.8 Å². The molecule has 0 fully saturated rings. The van der Waals surface area contributed by atoms with Crippen LogP contribution in [0.25, 0.3) is 0 Å². The van der Waals surface area contributed by atoms with Gasteiger partial charge in [-0.05, 0) is 44.2 Å². The molecule has 140 valence electrons. The van der Waals surface area contributed by atoms with Crippen LogP contribution in [-0.2, 0) is 10.0 Å². The molecule has 1 aromatic heterocycles. The summed E-state index contributed by atoms with van der Waals surface area (Å²) in [7, 11) is -4.30. The van der Waals surface area contributed by atoms with E-state index >= 15 is 0 Å². The highest BCUT2D eigenvalue weighted by Gasteiger charge is 2.31. The number of rotatable bonds is 6. The lowest BCUT2D eigenvalue weighted by Gasteiger charge is -2.30. The maximum absolute atomic E-state index is 13.4. The third-order valence-corrected chi connectivity index (χ3v) is 5.26. The lowest BCUT2D eigenvalue weighted by atomic mass is 10.1. The average Bonchev–Trinajstić information content (AvgIpc) is 2.54. The van der Waals surface area contributed by atoms with Crippen LogP contribution in [0.4, 0.5) is 10.1 Å². The number of carbonyl (C=O) groups excluding carboxylic acids is 1. The molecule has 0 bridgehead atoms. The molecule has 0 aliphatic rings. The van der Waals surface area contributed by atoms with Crippen molar-refractivity contribution >= 4 is 33.2 Å². The van der Waals surface area contributed by atoms with Crippen LogP contribution in [0.5, 0.6) is 0 Å². The fourth-order valence-electron chi connectivity index (χ4n) is 2.12. The molecule has 2 aromatic rings. The van der Waals surface area contributed by atoms with Crippen molar-refractivity contribution in [2.45, 2.75) is 24.5 Å². The number of pyridine rings is 1. The summed E-state index contributed by atoms with van der Waals surface area (Å²) in [6.07, 6.45) is 1.13. The Balaban J connectivity index is 2.61. The Bertz CT molecular complexity index is 945. The van der Waals surface area contributed by atoms with Crippen LogP contribution in [0.1, 0.15) is 24.2 Å². The van der Waals surface area contributed by atoms with Crippen LogP contribution in [0.2, 0.25) is 5.02 Å². The standard InChI is InChI=1S/C16H17ClFN3O4S/c1-16(2,23)9-21(11-3-4-13(18)12(17)8-11)26(24,25)14-7-10(15(19)22)5-6-20-14/h3-8,23H,9H2,1-2H3,(H2,19,22). The zero-order valence-corrected chi connectivity index (χ0v) is 15.6. The van der Waals surface area contributed by atoms with Gasteiger partial charge in [0.25, 0.3) is 10.0 Å². The number of hydrogen-bond donors (Lipinski definition) is 2. The molecule has 0 spiro atoms. The summed E-state index contributed by atoms with van der Waals surface area (Å²) in [6, 6.07) is 5.65. The number of carbonyl (C=O) groups is 1. The Hall–Kier alpha value is -2.23. The van der Waals surface area contributed by atoms with Gasteiger partial charge in [0.1, 0.15) is 5.82 Å². The summed E-state index contributed by atoms with van der Waals surface area (Å²) in [4.78, 5) is 15.1. The van der Waals surface area contributed by atoms with Crippen molar-refractivity contribution in [3.8, 4) is 0 Å². The van der Waals surface area contributed by atoms with E-state index in [2.05, 4.69) is 4.98 Å². The van der Waals surface area contributed by atoms with E-state index in [-0.39, 0.29) is 22.8 Å². The van der Waals surface area contributed by atoms with E-state index < -0.39 is 32.4 Å². The summed E-state index contributed by atoms with van der Waals surface area (Å²) in [5.41, 5.74) is 3.75. The number of aromatic nitrogens is 1. The molecule has 1 heterocycles. The number of primary amides is 1. The number of benzene rings is 1. The second-order valence-corrected chi connectivity index (χ2v) is 8.39. The molecule has 3 N–H and O–H groups in total. The number of sulfonamides is 1. The summed E-state index contributed by atoms with van der Waals surface area (Å²) in [5, 5.41) is 9.39. The summed E-state index contributed by atoms with van der Waals surface area (Å²) >= 11 is 5.76. The van der Waals surface area contributed by atoms with Gasteiger partial charge in [-0.25, -0.2) is 9.37 Å². The topological polar surface area (TPSA) is 114 Å². The first kappa shape index (κ1) is 20.1. The molecule has 2 rings (SSSR count). The SMILES string of the molecule is CC(C)(O)CN(c1ccc(F)c(Cl)c1)S(=O)(=O)c1cc(C(N)=O)ccn1. The fraction of sp³-hybridized carbons (Fsp3) is 0.250. The van der Waals surface area contributed by atoms with Crippen LogP contribution in [0.3, 0.4) is 0 Å². The van der Waals surface area contributed by atoms with Gasteiger partial charge < -0.3 is 10.8 Å². The van der Waals surface area contributed by atoms with Crippen LogP contribution in [0.15, 0.2) is 41.6 Å². The van der Waals surface area contributed by atoms with Crippen LogP contribution in [-0.4, -0.2) is 36.6 Å². The van der Waals surface area contributed by atoms with E-state index in [1.54, 1.807) is 0 Å². The first-order chi connectivity index (χ1) is 11.9. The third-order valence-electron chi connectivity index (χ3n) is 3.30. The van der Waals surface area contributed by atoms with Gasteiger partial charge >= 0.3 is 0 Å². The molecule has 0 radical (unpaired) electrons. The first-order valence-electron chi connectivity index (χ1n) is 7.38. The van der Waals surface area contributed by atoms with E-state index in [1.807, 2.05) is 0 Å². The van der Waals surface area contributed by atoms with Crippen molar-refractivity contribution < 1.29 is 22.7 Å². The van der Waals surface area contributed by atoms with Gasteiger partial charge in [0.05, 0.1) is 22.9 Å². The molecule has 0 aliphatic heterocycles. The number of hydrogen-bond acceptors (Lipinski definition) is 5. The Morgan fingerprint density at radius 3 is 2.54 bits per heavy atom. The summed E-state index contributed by atoms with van der Waals surface area (Å²) in [5.74, 6) is -1.53. The molecular formula is C16H17ClFN3O4S. The van der Waals surface area contributed by atoms with Crippen LogP contribution >= 0.6 is 11.6 Å². The number of amides is 1. The van der Waals surface area contributed by atoms with Crippen molar-refractivity contribution in [3.63, 3.8) is 0 Å². The number of anilines is 1. The Labute approximate surface area is 155 Å². The van der Waals surface area contributed by atoms with Crippen molar-refractivity contribution in [1.29, 1.82) is 0 Å². The molecule has 7 nitrogen and oxygen atoms in total. The van der Waals surface area contributed by atoms with Gasteiger partial charge in [0.2, 0.25) is 5.91 Å². The second-order valence-electron chi connectivity index (χ2n) is 6.17. The number of nitrogens with zero attached hydrogens (tertiary/aromatic N) is 2. The van der Waals surface area contributed by atoms with Crippen molar-refractivity contribution in [2.24, 2.45) is 5.73 Å². The molecule has 10 heteroatoms. The maximum Gasteiger partial charge on any atom is 0.281 e. The molecule has 1 amide bonds.